The molecule has 1 amide bonds. The summed E-state index contributed by atoms with van der Waals surface area (Å²) < 4.78 is 4.90. The van der Waals surface area contributed by atoms with E-state index >= 15 is 0 Å². The topological polar surface area (TPSA) is 99.8 Å². The van der Waals surface area contributed by atoms with Crippen LogP contribution in [-0.4, -0.2) is 34.7 Å². The minimum atomic E-state index is -1.21. The number of rotatable bonds is 4. The van der Waals surface area contributed by atoms with Gasteiger partial charge in [0.2, 0.25) is 5.76 Å². The number of aliphatic hydroxyl groups excluding tert-OH is 1. The van der Waals surface area contributed by atoms with Gasteiger partial charge in [-0.2, -0.15) is 0 Å². The minimum Gasteiger partial charge on any atom is -0.475 e. The van der Waals surface area contributed by atoms with Crippen LogP contribution in [-0.2, 0) is 0 Å². The fraction of sp³-hybridized carbons (Fsp3) is 0.538. The van der Waals surface area contributed by atoms with Crippen molar-refractivity contribution in [2.75, 3.05) is 6.54 Å². The summed E-state index contributed by atoms with van der Waals surface area (Å²) in [6.45, 7) is 0.378. The predicted octanol–water partition coefficient (Wildman–Crippen LogP) is 1.26. The van der Waals surface area contributed by atoms with E-state index < -0.39 is 11.9 Å². The molecule has 1 aliphatic carbocycles. The maximum Gasteiger partial charge on any atom is 0.371 e. The van der Waals surface area contributed by atoms with Crippen molar-refractivity contribution >= 4 is 11.9 Å². The highest BCUT2D eigenvalue weighted by atomic mass is 16.4. The van der Waals surface area contributed by atoms with Crippen LogP contribution in [0.4, 0.5) is 0 Å². The highest BCUT2D eigenvalue weighted by molar-refractivity contribution is 5.93. The second-order valence-corrected chi connectivity index (χ2v) is 4.79. The lowest BCUT2D eigenvalue weighted by atomic mass is 9.86. The molecule has 0 unspecified atom stereocenters. The molecule has 19 heavy (non-hydrogen) atoms. The number of carbonyl (C=O) groups excluding carboxylic acids is 1. The van der Waals surface area contributed by atoms with Gasteiger partial charge in [0.15, 0.2) is 5.76 Å². The van der Waals surface area contributed by atoms with Crippen molar-refractivity contribution in [1.29, 1.82) is 0 Å². The van der Waals surface area contributed by atoms with Gasteiger partial charge in [0.1, 0.15) is 0 Å². The SMILES string of the molecule is O=C(O)c1ccc(C(=O)NC[C@H]2CCCC[C@H]2O)o1. The summed E-state index contributed by atoms with van der Waals surface area (Å²) in [5, 5.41) is 21.1. The Kier molecular flexibility index (Phi) is 4.21. The van der Waals surface area contributed by atoms with Crippen LogP contribution in [0, 0.1) is 5.92 Å². The molecule has 2 rings (SSSR count). The Bertz CT molecular complexity index is 467. The quantitative estimate of drug-likeness (QED) is 0.762. The van der Waals surface area contributed by atoms with E-state index in [0.29, 0.717) is 6.54 Å². The van der Waals surface area contributed by atoms with Crippen molar-refractivity contribution in [3.05, 3.63) is 23.7 Å². The number of carbonyl (C=O) groups is 2. The summed E-state index contributed by atoms with van der Waals surface area (Å²) in [5.74, 6) is -1.89. The normalized spacial score (nSPS) is 23.0. The fourth-order valence-corrected chi connectivity index (χ4v) is 2.31. The fourth-order valence-electron chi connectivity index (χ4n) is 2.31. The van der Waals surface area contributed by atoms with Gasteiger partial charge in [0, 0.05) is 12.5 Å². The average Bonchev–Trinajstić information content (AvgIpc) is 2.87. The van der Waals surface area contributed by atoms with Gasteiger partial charge >= 0.3 is 5.97 Å². The van der Waals surface area contributed by atoms with Gasteiger partial charge in [-0.1, -0.05) is 12.8 Å². The third-order valence-electron chi connectivity index (χ3n) is 3.43. The Labute approximate surface area is 110 Å². The van der Waals surface area contributed by atoms with Crippen molar-refractivity contribution in [2.45, 2.75) is 31.8 Å². The second kappa shape index (κ2) is 5.88. The summed E-state index contributed by atoms with van der Waals surface area (Å²) >= 11 is 0. The number of carboxylic acids is 1. The summed E-state index contributed by atoms with van der Waals surface area (Å²) in [6, 6.07) is 2.57. The zero-order valence-electron chi connectivity index (χ0n) is 10.5. The number of aromatic carboxylic acids is 1. The van der Waals surface area contributed by atoms with Crippen molar-refractivity contribution in [3.63, 3.8) is 0 Å². The van der Waals surface area contributed by atoms with E-state index in [4.69, 9.17) is 9.52 Å². The molecule has 3 N–H and O–H groups in total. The van der Waals surface area contributed by atoms with Gasteiger partial charge < -0.3 is 19.9 Å². The van der Waals surface area contributed by atoms with Crippen LogP contribution >= 0.6 is 0 Å². The summed E-state index contributed by atoms with van der Waals surface area (Å²) in [4.78, 5) is 22.4. The van der Waals surface area contributed by atoms with Gasteiger partial charge in [-0.15, -0.1) is 0 Å². The van der Waals surface area contributed by atoms with Crippen molar-refractivity contribution < 1.29 is 24.2 Å². The molecule has 1 aromatic rings. The lowest BCUT2D eigenvalue weighted by Gasteiger charge is -2.27. The Balaban J connectivity index is 1.88. The molecule has 0 bridgehead atoms. The Morgan fingerprint density at radius 1 is 1.26 bits per heavy atom. The van der Waals surface area contributed by atoms with E-state index in [-0.39, 0.29) is 23.5 Å². The third kappa shape index (κ3) is 3.35. The van der Waals surface area contributed by atoms with E-state index in [1.807, 2.05) is 0 Å². The molecular weight excluding hydrogens is 250 g/mol. The molecular formula is C13H17NO5. The number of furan rings is 1. The highest BCUT2D eigenvalue weighted by Crippen LogP contribution is 2.23. The van der Waals surface area contributed by atoms with E-state index in [2.05, 4.69) is 5.32 Å². The number of aliphatic hydroxyl groups is 1. The molecule has 1 aromatic heterocycles. The Hall–Kier alpha value is -1.82. The molecule has 6 heteroatoms. The number of hydrogen-bond acceptors (Lipinski definition) is 4. The lowest BCUT2D eigenvalue weighted by molar-refractivity contribution is 0.0647. The molecule has 6 nitrogen and oxygen atoms in total. The standard InChI is InChI=1S/C13H17NO5/c15-9-4-2-1-3-8(9)7-14-12(16)10-5-6-11(19-10)13(17)18/h5-6,8-9,15H,1-4,7H2,(H,14,16)(H,17,18)/t8-,9-/m1/s1. The Morgan fingerprint density at radius 2 is 1.95 bits per heavy atom. The van der Waals surface area contributed by atoms with Gasteiger partial charge in [0.05, 0.1) is 6.10 Å². The summed E-state index contributed by atoms with van der Waals surface area (Å²) in [5.41, 5.74) is 0. The molecule has 2 atom stereocenters. The van der Waals surface area contributed by atoms with Crippen LogP contribution in [0.2, 0.25) is 0 Å². The van der Waals surface area contributed by atoms with Gasteiger partial charge in [-0.3, -0.25) is 4.79 Å². The van der Waals surface area contributed by atoms with Crippen LogP contribution in [0.15, 0.2) is 16.5 Å². The van der Waals surface area contributed by atoms with Gasteiger partial charge in [-0.05, 0) is 25.0 Å². The number of nitrogens with one attached hydrogen (secondary N) is 1. The van der Waals surface area contributed by atoms with Gasteiger partial charge in [-0.25, -0.2) is 4.79 Å². The average molecular weight is 267 g/mol. The number of hydrogen-bond donors (Lipinski definition) is 3. The largest absolute Gasteiger partial charge is 0.475 e. The highest BCUT2D eigenvalue weighted by Gasteiger charge is 2.24. The monoisotopic (exact) mass is 267 g/mol. The van der Waals surface area contributed by atoms with Crippen LogP contribution in [0.3, 0.4) is 0 Å². The molecule has 1 heterocycles. The first kappa shape index (κ1) is 13.6. The molecule has 1 fully saturated rings. The zero-order chi connectivity index (χ0) is 13.8. The first-order valence-electron chi connectivity index (χ1n) is 6.37. The first-order chi connectivity index (χ1) is 9.08. The maximum absolute atomic E-state index is 11.8. The predicted molar refractivity (Wildman–Crippen MR) is 66.0 cm³/mol. The van der Waals surface area contributed by atoms with E-state index in [0.717, 1.165) is 25.7 Å². The zero-order valence-corrected chi connectivity index (χ0v) is 10.5. The van der Waals surface area contributed by atoms with Crippen molar-refractivity contribution in [3.8, 4) is 0 Å². The minimum absolute atomic E-state index is 0.0253. The van der Waals surface area contributed by atoms with Crippen LogP contribution in [0.25, 0.3) is 0 Å². The molecule has 104 valence electrons. The van der Waals surface area contributed by atoms with Crippen molar-refractivity contribution in [1.82, 2.24) is 5.32 Å². The number of carboxylic acid groups (broad SMARTS) is 1. The summed E-state index contributed by atoms with van der Waals surface area (Å²) in [7, 11) is 0. The Morgan fingerprint density at radius 3 is 2.58 bits per heavy atom. The van der Waals surface area contributed by atoms with Crippen LogP contribution < -0.4 is 5.32 Å². The van der Waals surface area contributed by atoms with Crippen molar-refractivity contribution in [2.24, 2.45) is 5.92 Å². The molecule has 0 spiro atoms. The van der Waals surface area contributed by atoms with E-state index in [1.165, 1.54) is 12.1 Å². The lowest BCUT2D eigenvalue weighted by Crippen LogP contribution is -2.36. The molecule has 0 aromatic carbocycles. The van der Waals surface area contributed by atoms with E-state index in [1.54, 1.807) is 0 Å². The molecule has 0 aliphatic heterocycles. The van der Waals surface area contributed by atoms with Crippen LogP contribution in [0.1, 0.15) is 46.8 Å². The molecule has 1 aliphatic rings. The van der Waals surface area contributed by atoms with Crippen LogP contribution in [0.5, 0.6) is 0 Å². The second-order valence-electron chi connectivity index (χ2n) is 4.79. The summed E-state index contributed by atoms with van der Waals surface area (Å²) in [6.07, 6.45) is 3.36. The maximum atomic E-state index is 11.8. The molecule has 1 saturated carbocycles. The molecule has 0 radical (unpaired) electrons. The first-order valence-corrected chi connectivity index (χ1v) is 6.37. The molecule has 0 saturated heterocycles. The van der Waals surface area contributed by atoms with Gasteiger partial charge in [0.25, 0.3) is 5.91 Å². The third-order valence-corrected chi connectivity index (χ3v) is 3.43. The van der Waals surface area contributed by atoms with E-state index in [9.17, 15) is 14.7 Å². The number of amides is 1. The smallest absolute Gasteiger partial charge is 0.371 e.